The van der Waals surface area contributed by atoms with Gasteiger partial charge in [-0.2, -0.15) is 0 Å². The number of rotatable bonds is 8. The van der Waals surface area contributed by atoms with Gasteiger partial charge in [-0.15, -0.1) is 0 Å². The van der Waals surface area contributed by atoms with Crippen LogP contribution in [0.25, 0.3) is 0 Å². The van der Waals surface area contributed by atoms with Gasteiger partial charge in [-0.25, -0.2) is 0 Å². The van der Waals surface area contributed by atoms with Gasteiger partial charge in [0.15, 0.2) is 6.61 Å². The van der Waals surface area contributed by atoms with Crippen molar-refractivity contribution in [2.24, 2.45) is 0 Å². The number of benzene rings is 2. The number of carbonyl (C=O) groups is 2. The molecule has 1 aliphatic rings. The first-order valence-corrected chi connectivity index (χ1v) is 12.2. The van der Waals surface area contributed by atoms with Crippen LogP contribution in [0, 0.1) is 13.8 Å². The monoisotopic (exact) mass is 490 g/mol. The summed E-state index contributed by atoms with van der Waals surface area (Å²) in [6, 6.07) is 10.5. The van der Waals surface area contributed by atoms with Crippen molar-refractivity contribution < 1.29 is 14.3 Å². The zero-order valence-corrected chi connectivity index (χ0v) is 21.0. The van der Waals surface area contributed by atoms with E-state index in [1.807, 2.05) is 38.1 Å². The lowest BCUT2D eigenvalue weighted by Crippen LogP contribution is -2.51. The van der Waals surface area contributed by atoms with Gasteiger partial charge < -0.3 is 15.0 Å². The van der Waals surface area contributed by atoms with E-state index in [1.54, 1.807) is 24.0 Å². The Morgan fingerprint density at radius 2 is 1.67 bits per heavy atom. The molecule has 1 saturated carbocycles. The van der Waals surface area contributed by atoms with E-state index in [1.165, 1.54) is 6.42 Å². The highest BCUT2D eigenvalue weighted by molar-refractivity contribution is 6.32. The molecule has 2 aromatic rings. The number of carbonyl (C=O) groups excluding carboxylic acids is 2. The predicted molar refractivity (Wildman–Crippen MR) is 133 cm³/mol. The third kappa shape index (κ3) is 7.12. The third-order valence-corrected chi connectivity index (χ3v) is 7.01. The van der Waals surface area contributed by atoms with Crippen molar-refractivity contribution in [2.75, 3.05) is 6.61 Å². The van der Waals surface area contributed by atoms with Crippen LogP contribution < -0.4 is 10.1 Å². The average Bonchev–Trinajstić information content (AvgIpc) is 2.80. The van der Waals surface area contributed by atoms with Crippen molar-refractivity contribution in [1.29, 1.82) is 0 Å². The summed E-state index contributed by atoms with van der Waals surface area (Å²) in [5.74, 6) is 0.178. The Morgan fingerprint density at radius 3 is 2.27 bits per heavy atom. The minimum absolute atomic E-state index is 0.137. The first-order chi connectivity index (χ1) is 15.7. The first kappa shape index (κ1) is 25.4. The Hall–Kier alpha value is -2.24. The van der Waals surface area contributed by atoms with Crippen LogP contribution in [0.5, 0.6) is 5.75 Å². The lowest BCUT2D eigenvalue weighted by atomic mass is 9.95. The van der Waals surface area contributed by atoms with Crippen LogP contribution in [0.15, 0.2) is 36.4 Å². The van der Waals surface area contributed by atoms with Gasteiger partial charge in [0.2, 0.25) is 5.91 Å². The smallest absolute Gasteiger partial charge is 0.261 e. The van der Waals surface area contributed by atoms with Crippen LogP contribution in [-0.4, -0.2) is 35.4 Å². The second-order valence-electron chi connectivity index (χ2n) is 8.83. The molecule has 1 aliphatic carbocycles. The fraction of sp³-hybridized carbons (Fsp3) is 0.462. The second-order valence-corrected chi connectivity index (χ2v) is 9.64. The maximum atomic E-state index is 13.2. The summed E-state index contributed by atoms with van der Waals surface area (Å²) >= 11 is 12.2. The van der Waals surface area contributed by atoms with E-state index < -0.39 is 6.04 Å². The quantitative estimate of drug-likeness (QED) is 0.504. The Morgan fingerprint density at radius 1 is 1.06 bits per heavy atom. The van der Waals surface area contributed by atoms with Gasteiger partial charge in [0.25, 0.3) is 5.91 Å². The number of aryl methyl sites for hydroxylation is 2. The summed E-state index contributed by atoms with van der Waals surface area (Å²) in [5, 5.41) is 4.44. The fourth-order valence-electron chi connectivity index (χ4n) is 4.16. The Balaban J connectivity index is 1.72. The summed E-state index contributed by atoms with van der Waals surface area (Å²) in [4.78, 5) is 27.8. The lowest BCUT2D eigenvalue weighted by Gasteiger charge is -2.31. The molecule has 1 N–H and O–H groups in total. The molecule has 2 amide bonds. The number of hydrogen-bond acceptors (Lipinski definition) is 3. The zero-order valence-electron chi connectivity index (χ0n) is 19.5. The van der Waals surface area contributed by atoms with Gasteiger partial charge in [0.1, 0.15) is 11.8 Å². The summed E-state index contributed by atoms with van der Waals surface area (Å²) in [6.45, 7) is 5.68. The molecule has 0 heterocycles. The number of nitrogens with zero attached hydrogens (tertiary/aromatic N) is 1. The fourth-order valence-corrected chi connectivity index (χ4v) is 4.39. The molecule has 1 fully saturated rings. The van der Waals surface area contributed by atoms with Gasteiger partial charge in [-0.1, -0.05) is 54.6 Å². The van der Waals surface area contributed by atoms with Gasteiger partial charge >= 0.3 is 0 Å². The molecular weight excluding hydrogens is 459 g/mol. The standard InChI is InChI=1S/C26H32Cl2N2O3/c1-17-13-23(14-18(2)25(17)28)33-16-24(31)30(15-20-9-11-21(27)12-10-20)19(3)26(32)29-22-7-5-4-6-8-22/h9-14,19,22H,4-8,15-16H2,1-3H3,(H,29,32). The van der Waals surface area contributed by atoms with Gasteiger partial charge in [0.05, 0.1) is 0 Å². The first-order valence-electron chi connectivity index (χ1n) is 11.5. The summed E-state index contributed by atoms with van der Waals surface area (Å²) in [5.41, 5.74) is 2.66. The molecule has 1 atom stereocenters. The van der Waals surface area contributed by atoms with E-state index in [-0.39, 0.29) is 31.0 Å². The molecule has 2 aromatic carbocycles. The molecule has 0 aromatic heterocycles. The summed E-state index contributed by atoms with van der Waals surface area (Å²) < 4.78 is 5.80. The minimum Gasteiger partial charge on any atom is -0.484 e. The van der Waals surface area contributed by atoms with Crippen LogP contribution in [0.1, 0.15) is 55.7 Å². The summed E-state index contributed by atoms with van der Waals surface area (Å²) in [6.07, 6.45) is 5.44. The van der Waals surface area contributed by atoms with E-state index in [0.717, 1.165) is 42.4 Å². The number of hydrogen-bond donors (Lipinski definition) is 1. The molecule has 0 aliphatic heterocycles. The van der Waals surface area contributed by atoms with E-state index in [0.29, 0.717) is 15.8 Å². The normalized spacial score (nSPS) is 15.1. The Labute approximate surface area is 206 Å². The maximum absolute atomic E-state index is 13.2. The number of halogens is 2. The van der Waals surface area contributed by atoms with Crippen molar-refractivity contribution in [1.82, 2.24) is 10.2 Å². The molecule has 178 valence electrons. The Kier molecular flexibility index (Phi) is 9.04. The topological polar surface area (TPSA) is 58.6 Å². The highest BCUT2D eigenvalue weighted by Gasteiger charge is 2.28. The largest absolute Gasteiger partial charge is 0.484 e. The second kappa shape index (κ2) is 11.8. The zero-order chi connectivity index (χ0) is 24.0. The van der Waals surface area contributed by atoms with Crippen molar-refractivity contribution in [3.8, 4) is 5.75 Å². The Bertz CT molecular complexity index is 949. The van der Waals surface area contributed by atoms with E-state index in [2.05, 4.69) is 5.32 Å². The molecule has 0 saturated heterocycles. The van der Waals surface area contributed by atoms with Crippen molar-refractivity contribution in [2.45, 2.75) is 71.5 Å². The lowest BCUT2D eigenvalue weighted by molar-refractivity contribution is -0.142. The van der Waals surface area contributed by atoms with Gasteiger partial charge in [0, 0.05) is 22.6 Å². The number of nitrogens with one attached hydrogen (secondary N) is 1. The molecular formula is C26H32Cl2N2O3. The minimum atomic E-state index is -0.632. The van der Waals surface area contributed by atoms with Crippen LogP contribution in [0.2, 0.25) is 10.0 Å². The molecule has 5 nitrogen and oxygen atoms in total. The SMILES string of the molecule is Cc1cc(OCC(=O)N(Cc2ccc(Cl)cc2)C(C)C(=O)NC2CCCCC2)cc(C)c1Cl. The van der Waals surface area contributed by atoms with Crippen molar-refractivity contribution in [3.05, 3.63) is 63.1 Å². The van der Waals surface area contributed by atoms with Crippen LogP contribution >= 0.6 is 23.2 Å². The average molecular weight is 491 g/mol. The van der Waals surface area contributed by atoms with Gasteiger partial charge in [-0.3, -0.25) is 9.59 Å². The van der Waals surface area contributed by atoms with Gasteiger partial charge in [-0.05, 0) is 74.6 Å². The van der Waals surface area contributed by atoms with Crippen LogP contribution in [0.4, 0.5) is 0 Å². The number of amides is 2. The van der Waals surface area contributed by atoms with Crippen molar-refractivity contribution >= 4 is 35.0 Å². The molecule has 3 rings (SSSR count). The number of ether oxygens (including phenoxy) is 1. The third-order valence-electron chi connectivity index (χ3n) is 6.16. The molecule has 7 heteroatoms. The highest BCUT2D eigenvalue weighted by Crippen LogP contribution is 2.26. The molecule has 0 radical (unpaired) electrons. The van der Waals surface area contributed by atoms with E-state index in [9.17, 15) is 9.59 Å². The van der Waals surface area contributed by atoms with E-state index >= 15 is 0 Å². The van der Waals surface area contributed by atoms with Crippen molar-refractivity contribution in [3.63, 3.8) is 0 Å². The van der Waals surface area contributed by atoms with E-state index in [4.69, 9.17) is 27.9 Å². The van der Waals surface area contributed by atoms with Crippen LogP contribution in [-0.2, 0) is 16.1 Å². The molecule has 1 unspecified atom stereocenters. The maximum Gasteiger partial charge on any atom is 0.261 e. The summed E-state index contributed by atoms with van der Waals surface area (Å²) in [7, 11) is 0. The molecule has 33 heavy (non-hydrogen) atoms. The predicted octanol–water partition coefficient (Wildman–Crippen LogP) is 5.86. The highest BCUT2D eigenvalue weighted by atomic mass is 35.5. The molecule has 0 bridgehead atoms. The van der Waals surface area contributed by atoms with Crippen LogP contribution in [0.3, 0.4) is 0 Å². The molecule has 0 spiro atoms.